The molecule has 0 bridgehead atoms. The Balaban J connectivity index is 2.04. The van der Waals surface area contributed by atoms with Gasteiger partial charge < -0.3 is 10.5 Å². The predicted molar refractivity (Wildman–Crippen MR) is 74.7 cm³/mol. The van der Waals surface area contributed by atoms with E-state index in [0.717, 1.165) is 35.8 Å². The van der Waals surface area contributed by atoms with E-state index in [1.807, 2.05) is 23.7 Å². The molecule has 1 aromatic carbocycles. The van der Waals surface area contributed by atoms with E-state index in [2.05, 4.69) is 22.3 Å². The van der Waals surface area contributed by atoms with E-state index >= 15 is 0 Å². The fourth-order valence-corrected chi connectivity index (χ4v) is 2.38. The number of nitrogen functional groups attached to an aromatic ring is 1. The van der Waals surface area contributed by atoms with Crippen LogP contribution in [0.1, 0.15) is 11.3 Å². The van der Waals surface area contributed by atoms with Crippen molar-refractivity contribution in [1.29, 1.82) is 0 Å². The number of anilines is 1. The van der Waals surface area contributed by atoms with Gasteiger partial charge in [0.1, 0.15) is 5.75 Å². The van der Waals surface area contributed by atoms with Gasteiger partial charge in [-0.05, 0) is 13.1 Å². The maximum atomic E-state index is 5.74. The summed E-state index contributed by atoms with van der Waals surface area (Å²) in [5.74, 6) is 0.833. The van der Waals surface area contributed by atoms with E-state index in [9.17, 15) is 0 Å². The summed E-state index contributed by atoms with van der Waals surface area (Å²) in [6.07, 6.45) is 0. The van der Waals surface area contributed by atoms with Crippen LogP contribution in [0, 0.1) is 0 Å². The highest BCUT2D eigenvalue weighted by Gasteiger charge is 2.08. The second kappa shape index (κ2) is 5.84. The Morgan fingerprint density at radius 2 is 2.22 bits per heavy atom. The number of thiazole rings is 1. The maximum absolute atomic E-state index is 5.74. The summed E-state index contributed by atoms with van der Waals surface area (Å²) < 4.78 is 5.34. The average Bonchev–Trinajstić information content (AvgIpc) is 2.84. The third-order valence-corrected chi connectivity index (χ3v) is 3.30. The quantitative estimate of drug-likeness (QED) is 0.841. The van der Waals surface area contributed by atoms with E-state index < -0.39 is 0 Å². The third kappa shape index (κ3) is 3.21. The largest absolute Gasteiger partial charge is 0.496 e. The Bertz CT molecular complexity index is 499. The van der Waals surface area contributed by atoms with Crippen molar-refractivity contribution < 1.29 is 4.74 Å². The van der Waals surface area contributed by atoms with Gasteiger partial charge in [0, 0.05) is 35.8 Å². The lowest BCUT2D eigenvalue weighted by Gasteiger charge is -2.17. The van der Waals surface area contributed by atoms with Crippen molar-refractivity contribution >= 4 is 17.0 Å². The van der Waals surface area contributed by atoms with Gasteiger partial charge in [-0.3, -0.25) is 4.90 Å². The van der Waals surface area contributed by atoms with Crippen LogP contribution >= 0.6 is 11.3 Å². The third-order valence-electron chi connectivity index (χ3n) is 2.67. The Labute approximate surface area is 111 Å². The molecule has 0 saturated carbocycles. The van der Waals surface area contributed by atoms with Gasteiger partial charge in [0.05, 0.1) is 18.3 Å². The van der Waals surface area contributed by atoms with Gasteiger partial charge in [-0.2, -0.15) is 0 Å². The fourth-order valence-electron chi connectivity index (χ4n) is 1.83. The number of nitrogens with zero attached hydrogens (tertiary/aromatic N) is 2. The second-order valence-electron chi connectivity index (χ2n) is 4.22. The molecular weight excluding hydrogens is 246 g/mol. The van der Waals surface area contributed by atoms with Crippen LogP contribution in [0.4, 0.5) is 5.69 Å². The van der Waals surface area contributed by atoms with Crippen LogP contribution in [0.3, 0.4) is 0 Å². The van der Waals surface area contributed by atoms with Gasteiger partial charge in [0.15, 0.2) is 0 Å². The first-order valence-corrected chi connectivity index (χ1v) is 6.61. The molecule has 0 aliphatic carbocycles. The molecule has 0 aliphatic rings. The lowest BCUT2D eigenvalue weighted by molar-refractivity contribution is 0.307. The number of methoxy groups -OCH3 is 1. The zero-order valence-corrected chi connectivity index (χ0v) is 11.4. The molecule has 0 unspecified atom stereocenters. The van der Waals surface area contributed by atoms with Crippen molar-refractivity contribution in [2.75, 3.05) is 19.9 Å². The summed E-state index contributed by atoms with van der Waals surface area (Å²) in [5.41, 5.74) is 10.5. The van der Waals surface area contributed by atoms with Gasteiger partial charge >= 0.3 is 0 Å². The molecule has 0 atom stereocenters. The van der Waals surface area contributed by atoms with Crippen molar-refractivity contribution in [3.8, 4) is 5.75 Å². The van der Waals surface area contributed by atoms with E-state index in [4.69, 9.17) is 10.5 Å². The molecule has 0 spiro atoms. The second-order valence-corrected chi connectivity index (χ2v) is 4.94. The first-order chi connectivity index (χ1) is 8.69. The van der Waals surface area contributed by atoms with Gasteiger partial charge in [-0.25, -0.2) is 4.98 Å². The van der Waals surface area contributed by atoms with E-state index in [1.165, 1.54) is 0 Å². The number of hydrogen-bond acceptors (Lipinski definition) is 5. The molecule has 1 aromatic heterocycles. The molecule has 96 valence electrons. The summed E-state index contributed by atoms with van der Waals surface area (Å²) in [6, 6.07) is 5.76. The van der Waals surface area contributed by atoms with Crippen molar-refractivity contribution in [1.82, 2.24) is 9.88 Å². The highest BCUT2D eigenvalue weighted by molar-refractivity contribution is 7.07. The first-order valence-electron chi connectivity index (χ1n) is 5.67. The van der Waals surface area contributed by atoms with Gasteiger partial charge in [-0.15, -0.1) is 11.3 Å². The monoisotopic (exact) mass is 263 g/mol. The molecule has 1 heterocycles. The molecule has 0 radical (unpaired) electrons. The molecule has 18 heavy (non-hydrogen) atoms. The molecule has 5 heteroatoms. The van der Waals surface area contributed by atoms with Crippen molar-refractivity contribution in [3.63, 3.8) is 0 Å². The summed E-state index contributed by atoms with van der Waals surface area (Å²) in [6.45, 7) is 1.64. The van der Waals surface area contributed by atoms with E-state index in [0.29, 0.717) is 0 Å². The Morgan fingerprint density at radius 1 is 1.39 bits per heavy atom. The van der Waals surface area contributed by atoms with Gasteiger partial charge in [0.2, 0.25) is 0 Å². The zero-order chi connectivity index (χ0) is 13.0. The molecule has 0 saturated heterocycles. The lowest BCUT2D eigenvalue weighted by atomic mass is 10.1. The van der Waals surface area contributed by atoms with Gasteiger partial charge in [0.25, 0.3) is 0 Å². The Hall–Kier alpha value is -1.59. The molecule has 2 aromatic rings. The Morgan fingerprint density at radius 3 is 2.89 bits per heavy atom. The van der Waals surface area contributed by atoms with E-state index in [1.54, 1.807) is 18.4 Å². The van der Waals surface area contributed by atoms with Crippen molar-refractivity contribution in [3.05, 3.63) is 40.3 Å². The number of ether oxygens (including phenoxy) is 1. The van der Waals surface area contributed by atoms with Crippen molar-refractivity contribution in [2.45, 2.75) is 13.1 Å². The fraction of sp³-hybridized carbons (Fsp3) is 0.308. The number of benzene rings is 1. The minimum absolute atomic E-state index is 0.720. The first kappa shape index (κ1) is 12.9. The maximum Gasteiger partial charge on any atom is 0.125 e. The van der Waals surface area contributed by atoms with Crippen LogP contribution in [0.5, 0.6) is 5.75 Å². The van der Waals surface area contributed by atoms with Crippen LogP contribution in [-0.4, -0.2) is 24.0 Å². The standard InChI is InChI=1S/C13H17N3OS/c1-16(7-12-8-18-9-15-12)6-10-3-4-11(14)5-13(10)17-2/h3-5,8-9H,6-7,14H2,1-2H3. The highest BCUT2D eigenvalue weighted by Crippen LogP contribution is 2.23. The lowest BCUT2D eigenvalue weighted by Crippen LogP contribution is -2.17. The summed E-state index contributed by atoms with van der Waals surface area (Å²) >= 11 is 1.62. The zero-order valence-electron chi connectivity index (χ0n) is 10.6. The highest BCUT2D eigenvalue weighted by atomic mass is 32.1. The summed E-state index contributed by atoms with van der Waals surface area (Å²) in [4.78, 5) is 6.48. The number of hydrogen-bond donors (Lipinski definition) is 1. The molecule has 2 N–H and O–H groups in total. The van der Waals surface area contributed by atoms with Crippen LogP contribution in [0.25, 0.3) is 0 Å². The van der Waals surface area contributed by atoms with Crippen LogP contribution < -0.4 is 10.5 Å². The van der Waals surface area contributed by atoms with Crippen LogP contribution in [-0.2, 0) is 13.1 Å². The van der Waals surface area contributed by atoms with Crippen molar-refractivity contribution in [2.24, 2.45) is 0 Å². The average molecular weight is 263 g/mol. The minimum atomic E-state index is 0.720. The normalized spacial score (nSPS) is 10.8. The van der Waals surface area contributed by atoms with Gasteiger partial charge in [-0.1, -0.05) is 6.07 Å². The summed E-state index contributed by atoms with van der Waals surface area (Å²) in [5, 5.41) is 2.07. The predicted octanol–water partition coefficient (Wildman–Crippen LogP) is 2.37. The number of aromatic nitrogens is 1. The SMILES string of the molecule is COc1cc(N)ccc1CN(C)Cc1cscn1. The minimum Gasteiger partial charge on any atom is -0.496 e. The molecular formula is C13H17N3OS. The molecule has 2 rings (SSSR count). The van der Waals surface area contributed by atoms with E-state index in [-0.39, 0.29) is 0 Å². The Kier molecular flexibility index (Phi) is 4.17. The molecule has 0 amide bonds. The molecule has 0 fully saturated rings. The number of rotatable bonds is 5. The molecule has 4 nitrogen and oxygen atoms in total. The number of nitrogens with two attached hydrogens (primary N) is 1. The molecule has 0 aliphatic heterocycles. The smallest absolute Gasteiger partial charge is 0.125 e. The van der Waals surface area contributed by atoms with Crippen LogP contribution in [0.2, 0.25) is 0 Å². The summed E-state index contributed by atoms with van der Waals surface area (Å²) in [7, 11) is 3.73. The van der Waals surface area contributed by atoms with Crippen LogP contribution in [0.15, 0.2) is 29.1 Å². The topological polar surface area (TPSA) is 51.4 Å².